The van der Waals surface area contributed by atoms with E-state index in [4.69, 9.17) is 4.74 Å². The zero-order valence-corrected chi connectivity index (χ0v) is 17.5. The largest absolute Gasteiger partial charge is 0.452 e. The van der Waals surface area contributed by atoms with Crippen molar-refractivity contribution in [3.63, 3.8) is 0 Å². The third-order valence-electron chi connectivity index (χ3n) is 5.42. The van der Waals surface area contributed by atoms with Gasteiger partial charge in [-0.05, 0) is 68.2 Å². The zero-order valence-electron chi connectivity index (χ0n) is 17.5. The second-order valence-corrected chi connectivity index (χ2v) is 8.74. The molecule has 0 saturated heterocycles. The fourth-order valence-electron chi connectivity index (χ4n) is 3.60. The Bertz CT molecular complexity index is 698. The van der Waals surface area contributed by atoms with Crippen molar-refractivity contribution in [1.29, 1.82) is 0 Å². The molecule has 1 atom stereocenters. The number of benzene rings is 1. The van der Waals surface area contributed by atoms with E-state index in [1.165, 1.54) is 6.92 Å². The van der Waals surface area contributed by atoms with Crippen LogP contribution in [0.25, 0.3) is 0 Å². The summed E-state index contributed by atoms with van der Waals surface area (Å²) in [6, 6.07) is 6.76. The second kappa shape index (κ2) is 9.22. The van der Waals surface area contributed by atoms with Gasteiger partial charge in [0.15, 0.2) is 6.10 Å². The Balaban J connectivity index is 1.82. The van der Waals surface area contributed by atoms with Crippen molar-refractivity contribution in [2.45, 2.75) is 66.4 Å². The van der Waals surface area contributed by atoms with E-state index in [-0.39, 0.29) is 29.1 Å². The molecule has 1 saturated carbocycles. The molecule has 0 unspecified atom stereocenters. The van der Waals surface area contributed by atoms with Gasteiger partial charge in [0.1, 0.15) is 0 Å². The number of nitrogens with one attached hydrogen (secondary N) is 2. The highest BCUT2D eigenvalue weighted by atomic mass is 16.5. The van der Waals surface area contributed by atoms with E-state index in [0.717, 1.165) is 25.7 Å². The summed E-state index contributed by atoms with van der Waals surface area (Å²) in [4.78, 5) is 35.8. The van der Waals surface area contributed by atoms with Crippen LogP contribution in [0.3, 0.4) is 0 Å². The highest BCUT2D eigenvalue weighted by molar-refractivity contribution is 5.95. The lowest BCUT2D eigenvalue weighted by Gasteiger charge is -2.36. The van der Waals surface area contributed by atoms with Crippen molar-refractivity contribution in [2.75, 3.05) is 10.6 Å². The molecule has 2 amide bonds. The molecule has 2 rings (SSSR count). The molecule has 0 aromatic heterocycles. The highest BCUT2D eigenvalue weighted by Crippen LogP contribution is 2.40. The van der Waals surface area contributed by atoms with Crippen molar-refractivity contribution >= 4 is 29.2 Å². The van der Waals surface area contributed by atoms with Gasteiger partial charge in [0.25, 0.3) is 5.91 Å². The summed E-state index contributed by atoms with van der Waals surface area (Å²) in [7, 11) is 0. The molecule has 28 heavy (non-hydrogen) atoms. The van der Waals surface area contributed by atoms with Gasteiger partial charge in [-0.15, -0.1) is 0 Å². The fraction of sp³-hybridized carbons (Fsp3) is 0.591. The van der Waals surface area contributed by atoms with Crippen molar-refractivity contribution in [3.8, 4) is 0 Å². The van der Waals surface area contributed by atoms with Crippen LogP contribution < -0.4 is 10.6 Å². The van der Waals surface area contributed by atoms with E-state index in [9.17, 15) is 14.4 Å². The Labute approximate surface area is 167 Å². The first-order chi connectivity index (χ1) is 13.1. The number of carbonyl (C=O) groups excluding carboxylic acids is 3. The molecule has 1 aliphatic carbocycles. The summed E-state index contributed by atoms with van der Waals surface area (Å²) in [6.45, 7) is 9.74. The van der Waals surface area contributed by atoms with Crippen molar-refractivity contribution in [1.82, 2.24) is 0 Å². The first-order valence-corrected chi connectivity index (χ1v) is 9.95. The topological polar surface area (TPSA) is 84.5 Å². The Morgan fingerprint density at radius 1 is 0.964 bits per heavy atom. The van der Waals surface area contributed by atoms with E-state index >= 15 is 0 Å². The molecule has 1 aromatic rings. The fourth-order valence-corrected chi connectivity index (χ4v) is 3.60. The molecule has 0 radical (unpaired) electrons. The Kier molecular flexibility index (Phi) is 7.22. The second-order valence-electron chi connectivity index (χ2n) is 8.74. The van der Waals surface area contributed by atoms with Crippen LogP contribution in [0.4, 0.5) is 11.4 Å². The molecule has 1 fully saturated rings. The lowest BCUT2D eigenvalue weighted by atomic mass is 9.70. The average Bonchev–Trinajstić information content (AvgIpc) is 2.62. The lowest BCUT2D eigenvalue weighted by molar-refractivity contribution is -0.158. The Morgan fingerprint density at radius 3 is 1.93 bits per heavy atom. The van der Waals surface area contributed by atoms with E-state index in [1.807, 2.05) is 0 Å². The van der Waals surface area contributed by atoms with Crippen LogP contribution in [0, 0.1) is 17.3 Å². The third-order valence-corrected chi connectivity index (χ3v) is 5.42. The molecule has 0 aliphatic heterocycles. The van der Waals surface area contributed by atoms with Crippen LogP contribution in [0.1, 0.15) is 60.3 Å². The quantitative estimate of drug-likeness (QED) is 0.734. The molecule has 0 heterocycles. The maximum atomic E-state index is 12.4. The van der Waals surface area contributed by atoms with E-state index in [2.05, 4.69) is 31.4 Å². The molecular weight excluding hydrogens is 356 g/mol. The van der Waals surface area contributed by atoms with Gasteiger partial charge >= 0.3 is 5.97 Å². The molecular formula is C22H32N2O4. The maximum Gasteiger partial charge on any atom is 0.309 e. The minimum Gasteiger partial charge on any atom is -0.452 e. The van der Waals surface area contributed by atoms with Gasteiger partial charge in [-0.3, -0.25) is 14.4 Å². The summed E-state index contributed by atoms with van der Waals surface area (Å²) in [5, 5.41) is 5.39. The zero-order chi connectivity index (χ0) is 20.9. The standard InChI is InChI=1S/C22H32N2O4/c1-14(20(26)24-19-12-10-18(11-13-19)23-15(2)25)28-21(27)16-6-8-17(9-7-16)22(3,4)5/h10-14,16-17H,6-9H2,1-5H3,(H,23,25)(H,24,26)/t14-,16?,17?/m0/s1. The number of anilines is 2. The van der Waals surface area contributed by atoms with E-state index < -0.39 is 6.10 Å². The van der Waals surface area contributed by atoms with Crippen LogP contribution in [0.15, 0.2) is 24.3 Å². The minimum atomic E-state index is -0.858. The van der Waals surface area contributed by atoms with E-state index in [0.29, 0.717) is 17.3 Å². The number of esters is 1. The van der Waals surface area contributed by atoms with Crippen LogP contribution >= 0.6 is 0 Å². The van der Waals surface area contributed by atoms with Gasteiger partial charge in [-0.2, -0.15) is 0 Å². The van der Waals surface area contributed by atoms with Crippen LogP contribution in [0.5, 0.6) is 0 Å². The lowest BCUT2D eigenvalue weighted by Crippen LogP contribution is -2.34. The van der Waals surface area contributed by atoms with Gasteiger partial charge in [0.2, 0.25) is 5.91 Å². The summed E-state index contributed by atoms with van der Waals surface area (Å²) in [6.07, 6.45) is 2.82. The summed E-state index contributed by atoms with van der Waals surface area (Å²) >= 11 is 0. The number of hydrogen-bond donors (Lipinski definition) is 2. The highest BCUT2D eigenvalue weighted by Gasteiger charge is 2.34. The Hall–Kier alpha value is -2.37. The summed E-state index contributed by atoms with van der Waals surface area (Å²) < 4.78 is 5.41. The van der Waals surface area contributed by atoms with Crippen LogP contribution in [0.2, 0.25) is 0 Å². The summed E-state index contributed by atoms with van der Waals surface area (Å²) in [5.74, 6) is -0.308. The van der Waals surface area contributed by atoms with Crippen LogP contribution in [-0.2, 0) is 19.1 Å². The predicted molar refractivity (Wildman–Crippen MR) is 110 cm³/mol. The molecule has 2 N–H and O–H groups in total. The van der Waals surface area contributed by atoms with Crippen molar-refractivity contribution < 1.29 is 19.1 Å². The van der Waals surface area contributed by atoms with Gasteiger partial charge in [0, 0.05) is 18.3 Å². The molecule has 6 heteroatoms. The van der Waals surface area contributed by atoms with E-state index in [1.54, 1.807) is 31.2 Å². The summed E-state index contributed by atoms with van der Waals surface area (Å²) in [5.41, 5.74) is 1.49. The van der Waals surface area contributed by atoms with Crippen molar-refractivity contribution in [2.24, 2.45) is 17.3 Å². The number of rotatable bonds is 5. The number of amides is 2. The number of hydrogen-bond acceptors (Lipinski definition) is 4. The third kappa shape index (κ3) is 6.36. The average molecular weight is 389 g/mol. The SMILES string of the molecule is CC(=O)Nc1ccc(NC(=O)[C@H](C)OC(=O)C2CCC(C(C)(C)C)CC2)cc1. The molecule has 1 aliphatic rings. The number of ether oxygens (including phenoxy) is 1. The number of carbonyl (C=O) groups is 3. The van der Waals surface area contributed by atoms with Gasteiger partial charge < -0.3 is 15.4 Å². The monoisotopic (exact) mass is 388 g/mol. The first kappa shape index (κ1) is 21.9. The van der Waals surface area contributed by atoms with Crippen LogP contribution in [-0.4, -0.2) is 23.9 Å². The predicted octanol–water partition coefficient (Wildman–Crippen LogP) is 4.37. The molecule has 154 valence electrons. The smallest absolute Gasteiger partial charge is 0.309 e. The molecule has 6 nitrogen and oxygen atoms in total. The normalized spacial score (nSPS) is 20.8. The molecule has 1 aromatic carbocycles. The van der Waals surface area contributed by atoms with Gasteiger partial charge in [-0.1, -0.05) is 20.8 Å². The minimum absolute atomic E-state index is 0.120. The van der Waals surface area contributed by atoms with Gasteiger partial charge in [0.05, 0.1) is 5.92 Å². The Morgan fingerprint density at radius 2 is 1.46 bits per heavy atom. The van der Waals surface area contributed by atoms with Gasteiger partial charge in [-0.25, -0.2) is 0 Å². The van der Waals surface area contributed by atoms with Crippen molar-refractivity contribution in [3.05, 3.63) is 24.3 Å². The first-order valence-electron chi connectivity index (χ1n) is 9.95. The molecule has 0 spiro atoms. The maximum absolute atomic E-state index is 12.4. The molecule has 0 bridgehead atoms.